The number of nitrogens with one attached hydrogen (secondary N) is 1. The van der Waals surface area contributed by atoms with E-state index in [9.17, 15) is 4.79 Å². The maximum atomic E-state index is 10.7. The van der Waals surface area contributed by atoms with Gasteiger partial charge in [0.1, 0.15) is 6.04 Å². The number of nitrogens with two attached hydrogens (primary N) is 1. The molecule has 0 bridgehead atoms. The molecule has 1 rings (SSSR count). The minimum absolute atomic E-state index is 0.117. The second-order valence-corrected chi connectivity index (χ2v) is 2.60. The Morgan fingerprint density at radius 2 is 2.50 bits per heavy atom. The van der Waals surface area contributed by atoms with Crippen LogP contribution in [0.2, 0.25) is 0 Å². The maximum absolute atomic E-state index is 10.7. The molecule has 58 valence electrons. The summed E-state index contributed by atoms with van der Waals surface area (Å²) >= 11 is 0. The summed E-state index contributed by atoms with van der Waals surface area (Å²) in [6.45, 7) is 2.53. The topological polar surface area (TPSA) is 58.4 Å². The van der Waals surface area contributed by atoms with Gasteiger partial charge < -0.3 is 11.1 Å². The fourth-order valence-corrected chi connectivity index (χ4v) is 1.12. The van der Waals surface area contributed by atoms with E-state index >= 15 is 0 Å². The molecule has 1 atom stereocenters. The molecule has 0 spiro atoms. The Morgan fingerprint density at radius 3 is 2.90 bits per heavy atom. The third-order valence-electron chi connectivity index (χ3n) is 1.84. The Bertz CT molecular complexity index is 137. The summed E-state index contributed by atoms with van der Waals surface area (Å²) in [5.41, 5.74) is 5.14. The molecule has 0 radical (unpaired) electrons. The Balaban J connectivity index is 2.47. The van der Waals surface area contributed by atoms with Gasteiger partial charge in [-0.3, -0.25) is 9.69 Å². The number of carbonyl (C=O) groups excluding carboxylic acids is 1. The number of rotatable bonds is 1. The smallest absolute Gasteiger partial charge is 0.236 e. The van der Waals surface area contributed by atoms with Crippen LogP contribution in [0.1, 0.15) is 0 Å². The largest absolute Gasteiger partial charge is 0.368 e. The third-order valence-corrected chi connectivity index (χ3v) is 1.84. The Kier molecular flexibility index (Phi) is 2.24. The molecule has 4 nitrogen and oxygen atoms in total. The van der Waals surface area contributed by atoms with Gasteiger partial charge in [0.25, 0.3) is 0 Å². The molecule has 3 N–H and O–H groups in total. The Labute approximate surface area is 60.4 Å². The zero-order chi connectivity index (χ0) is 7.56. The Hall–Kier alpha value is -0.610. The predicted octanol–water partition coefficient (Wildman–Crippen LogP) is -1.62. The summed E-state index contributed by atoms with van der Waals surface area (Å²) in [7, 11) is 1.91. The van der Waals surface area contributed by atoms with E-state index in [1.807, 2.05) is 11.9 Å². The first-order valence-electron chi connectivity index (χ1n) is 3.42. The molecule has 10 heavy (non-hydrogen) atoms. The van der Waals surface area contributed by atoms with Gasteiger partial charge in [-0.15, -0.1) is 0 Å². The van der Waals surface area contributed by atoms with Crippen LogP contribution in [0.15, 0.2) is 0 Å². The van der Waals surface area contributed by atoms with E-state index in [0.717, 1.165) is 13.1 Å². The van der Waals surface area contributed by atoms with Gasteiger partial charge in [-0.25, -0.2) is 0 Å². The minimum atomic E-state index is -0.241. The van der Waals surface area contributed by atoms with Crippen molar-refractivity contribution in [1.82, 2.24) is 10.2 Å². The number of hydrogen-bond donors (Lipinski definition) is 2. The highest BCUT2D eigenvalue weighted by atomic mass is 16.1. The van der Waals surface area contributed by atoms with Crippen molar-refractivity contribution in [3.8, 4) is 0 Å². The lowest BCUT2D eigenvalue weighted by atomic mass is 10.2. The highest BCUT2D eigenvalue weighted by Gasteiger charge is 2.22. The molecule has 1 aliphatic heterocycles. The summed E-state index contributed by atoms with van der Waals surface area (Å²) in [5.74, 6) is -0.241. The fourth-order valence-electron chi connectivity index (χ4n) is 1.12. The van der Waals surface area contributed by atoms with Crippen LogP contribution < -0.4 is 11.1 Å². The first-order chi connectivity index (χ1) is 4.72. The number of hydrogen-bond acceptors (Lipinski definition) is 3. The zero-order valence-corrected chi connectivity index (χ0v) is 6.13. The van der Waals surface area contributed by atoms with Crippen molar-refractivity contribution in [3.63, 3.8) is 0 Å². The van der Waals surface area contributed by atoms with Crippen LogP contribution in [0.3, 0.4) is 0 Å². The molecule has 0 unspecified atom stereocenters. The number of primary amides is 1. The lowest BCUT2D eigenvalue weighted by molar-refractivity contribution is -0.123. The van der Waals surface area contributed by atoms with E-state index in [1.54, 1.807) is 0 Å². The fraction of sp³-hybridized carbons (Fsp3) is 0.833. The SMILES string of the molecule is CN1CCNC[C@@H]1C(N)=O. The van der Waals surface area contributed by atoms with Crippen molar-refractivity contribution in [2.45, 2.75) is 6.04 Å². The van der Waals surface area contributed by atoms with Crippen LogP contribution in [0, 0.1) is 0 Å². The van der Waals surface area contributed by atoms with Gasteiger partial charge in [0.05, 0.1) is 0 Å². The molecule has 1 saturated heterocycles. The van der Waals surface area contributed by atoms with Crippen molar-refractivity contribution in [2.75, 3.05) is 26.7 Å². The molecule has 0 aromatic carbocycles. The van der Waals surface area contributed by atoms with Gasteiger partial charge in [-0.05, 0) is 7.05 Å². The quantitative estimate of drug-likeness (QED) is 0.463. The number of likely N-dealkylation sites (N-methyl/N-ethyl adjacent to an activating group) is 1. The number of amides is 1. The van der Waals surface area contributed by atoms with Crippen molar-refractivity contribution in [2.24, 2.45) is 5.73 Å². The van der Waals surface area contributed by atoms with Crippen LogP contribution in [-0.2, 0) is 4.79 Å². The molecular formula is C6H13N3O. The Morgan fingerprint density at radius 1 is 1.80 bits per heavy atom. The van der Waals surface area contributed by atoms with Crippen LogP contribution in [-0.4, -0.2) is 43.5 Å². The van der Waals surface area contributed by atoms with Crippen LogP contribution in [0.25, 0.3) is 0 Å². The van der Waals surface area contributed by atoms with Crippen molar-refractivity contribution in [1.29, 1.82) is 0 Å². The molecule has 0 saturated carbocycles. The summed E-state index contributed by atoms with van der Waals surface area (Å²) in [5, 5.41) is 3.10. The molecule has 1 fully saturated rings. The molecule has 1 heterocycles. The summed E-state index contributed by atoms with van der Waals surface area (Å²) in [6, 6.07) is -0.117. The van der Waals surface area contributed by atoms with Crippen molar-refractivity contribution in [3.05, 3.63) is 0 Å². The van der Waals surface area contributed by atoms with E-state index in [2.05, 4.69) is 5.32 Å². The highest BCUT2D eigenvalue weighted by molar-refractivity contribution is 5.80. The lowest BCUT2D eigenvalue weighted by Gasteiger charge is -2.30. The van der Waals surface area contributed by atoms with Crippen LogP contribution >= 0.6 is 0 Å². The minimum Gasteiger partial charge on any atom is -0.368 e. The number of carbonyl (C=O) groups is 1. The van der Waals surface area contributed by atoms with E-state index in [4.69, 9.17) is 5.73 Å². The number of piperazine rings is 1. The second kappa shape index (κ2) is 2.98. The average Bonchev–Trinajstić information content (AvgIpc) is 1.88. The average molecular weight is 143 g/mol. The van der Waals surface area contributed by atoms with Gasteiger partial charge in [-0.2, -0.15) is 0 Å². The number of nitrogens with zero attached hydrogens (tertiary/aromatic N) is 1. The zero-order valence-electron chi connectivity index (χ0n) is 6.13. The third kappa shape index (κ3) is 1.46. The van der Waals surface area contributed by atoms with Gasteiger partial charge >= 0.3 is 0 Å². The monoisotopic (exact) mass is 143 g/mol. The summed E-state index contributed by atoms with van der Waals surface area (Å²) in [4.78, 5) is 12.7. The molecule has 1 amide bonds. The second-order valence-electron chi connectivity index (χ2n) is 2.60. The van der Waals surface area contributed by atoms with Gasteiger partial charge in [0.2, 0.25) is 5.91 Å². The molecule has 0 aromatic heterocycles. The normalized spacial score (nSPS) is 28.3. The van der Waals surface area contributed by atoms with E-state index in [1.165, 1.54) is 0 Å². The maximum Gasteiger partial charge on any atom is 0.236 e. The van der Waals surface area contributed by atoms with Crippen LogP contribution in [0.5, 0.6) is 0 Å². The van der Waals surface area contributed by atoms with Gasteiger partial charge in [0, 0.05) is 19.6 Å². The van der Waals surface area contributed by atoms with E-state index in [0.29, 0.717) is 6.54 Å². The first kappa shape index (κ1) is 7.50. The van der Waals surface area contributed by atoms with Crippen molar-refractivity contribution < 1.29 is 4.79 Å². The predicted molar refractivity (Wildman–Crippen MR) is 38.5 cm³/mol. The van der Waals surface area contributed by atoms with Crippen molar-refractivity contribution >= 4 is 5.91 Å². The standard InChI is InChI=1S/C6H13N3O/c1-9-3-2-8-4-5(9)6(7)10/h5,8H,2-4H2,1H3,(H2,7,10)/t5-/m1/s1. The molecule has 0 aliphatic carbocycles. The summed E-state index contributed by atoms with van der Waals surface area (Å²) in [6.07, 6.45) is 0. The van der Waals surface area contributed by atoms with Gasteiger partial charge in [0.15, 0.2) is 0 Å². The summed E-state index contributed by atoms with van der Waals surface area (Å²) < 4.78 is 0. The lowest BCUT2D eigenvalue weighted by Crippen LogP contribution is -2.55. The molecule has 0 aromatic rings. The molecular weight excluding hydrogens is 130 g/mol. The molecule has 1 aliphatic rings. The van der Waals surface area contributed by atoms with Crippen LogP contribution in [0.4, 0.5) is 0 Å². The van der Waals surface area contributed by atoms with E-state index < -0.39 is 0 Å². The first-order valence-corrected chi connectivity index (χ1v) is 3.42. The van der Waals surface area contributed by atoms with E-state index in [-0.39, 0.29) is 11.9 Å². The highest BCUT2D eigenvalue weighted by Crippen LogP contribution is 1.97. The molecule has 4 heteroatoms. The van der Waals surface area contributed by atoms with Gasteiger partial charge in [-0.1, -0.05) is 0 Å².